The van der Waals surface area contributed by atoms with Crippen molar-refractivity contribution in [2.75, 3.05) is 0 Å². The lowest BCUT2D eigenvalue weighted by Gasteiger charge is -2.20. The smallest absolute Gasteiger partial charge is 0.0621 e. The Morgan fingerprint density at radius 1 is 1.15 bits per heavy atom. The van der Waals surface area contributed by atoms with E-state index in [9.17, 15) is 0 Å². The largest absolute Gasteiger partial charge is 0.327 e. The molecule has 3 heteroatoms. The first kappa shape index (κ1) is 15.1. The van der Waals surface area contributed by atoms with Crippen LogP contribution in [0.2, 0.25) is 0 Å². The molecule has 2 nitrogen and oxygen atoms in total. The van der Waals surface area contributed by atoms with Gasteiger partial charge < -0.3 is 5.73 Å². The second kappa shape index (κ2) is 6.91. The first-order valence-electron chi connectivity index (χ1n) is 6.91. The van der Waals surface area contributed by atoms with Gasteiger partial charge >= 0.3 is 0 Å². The average molecular weight is 286 g/mol. The Labute approximate surface area is 125 Å². The third-order valence-electron chi connectivity index (χ3n) is 3.17. The number of pyridine rings is 1. The minimum atomic E-state index is 0.0841. The SMILES string of the molecule is Cc1cc(C)cc(CSC(c2ccccn2)C(C)N)c1. The van der Waals surface area contributed by atoms with Crippen molar-refractivity contribution in [3.05, 3.63) is 65.0 Å². The highest BCUT2D eigenvalue weighted by atomic mass is 32.2. The van der Waals surface area contributed by atoms with E-state index in [2.05, 4.69) is 43.1 Å². The number of thioether (sulfide) groups is 1. The van der Waals surface area contributed by atoms with Crippen molar-refractivity contribution in [1.82, 2.24) is 4.98 Å². The van der Waals surface area contributed by atoms with Crippen molar-refractivity contribution < 1.29 is 0 Å². The van der Waals surface area contributed by atoms with Crippen LogP contribution in [0.3, 0.4) is 0 Å². The molecule has 0 amide bonds. The number of aromatic nitrogens is 1. The molecule has 0 bridgehead atoms. The Morgan fingerprint density at radius 3 is 2.40 bits per heavy atom. The van der Waals surface area contributed by atoms with Gasteiger partial charge in [-0.25, -0.2) is 0 Å². The van der Waals surface area contributed by atoms with Gasteiger partial charge in [0, 0.05) is 18.0 Å². The van der Waals surface area contributed by atoms with Crippen LogP contribution in [0.4, 0.5) is 0 Å². The second-order valence-corrected chi connectivity index (χ2v) is 6.47. The lowest BCUT2D eigenvalue weighted by Crippen LogP contribution is -2.23. The van der Waals surface area contributed by atoms with Crippen molar-refractivity contribution in [3.8, 4) is 0 Å². The first-order chi connectivity index (χ1) is 9.56. The Balaban J connectivity index is 2.10. The Kier molecular flexibility index (Phi) is 5.21. The maximum absolute atomic E-state index is 6.13. The average Bonchev–Trinajstić information content (AvgIpc) is 2.38. The van der Waals surface area contributed by atoms with Gasteiger partial charge in [0.15, 0.2) is 0 Å². The van der Waals surface area contributed by atoms with Crippen LogP contribution in [-0.2, 0) is 5.75 Å². The highest BCUT2D eigenvalue weighted by Crippen LogP contribution is 2.32. The fourth-order valence-electron chi connectivity index (χ4n) is 2.39. The number of rotatable bonds is 5. The molecule has 0 radical (unpaired) electrons. The number of nitrogens with two attached hydrogens (primary N) is 1. The molecule has 106 valence electrons. The lowest BCUT2D eigenvalue weighted by atomic mass is 10.1. The number of nitrogens with zero attached hydrogens (tertiary/aromatic N) is 1. The summed E-state index contributed by atoms with van der Waals surface area (Å²) in [5.74, 6) is 0.964. The third-order valence-corrected chi connectivity index (χ3v) is 4.70. The monoisotopic (exact) mass is 286 g/mol. The van der Waals surface area contributed by atoms with Crippen molar-refractivity contribution in [2.45, 2.75) is 37.8 Å². The molecule has 2 rings (SSSR count). The molecule has 0 saturated carbocycles. The van der Waals surface area contributed by atoms with E-state index in [4.69, 9.17) is 5.73 Å². The van der Waals surface area contributed by atoms with Gasteiger partial charge in [0.05, 0.1) is 10.9 Å². The minimum Gasteiger partial charge on any atom is -0.327 e. The van der Waals surface area contributed by atoms with Gasteiger partial charge in [0.1, 0.15) is 0 Å². The Morgan fingerprint density at radius 2 is 1.85 bits per heavy atom. The topological polar surface area (TPSA) is 38.9 Å². The van der Waals surface area contributed by atoms with Gasteiger partial charge in [0.2, 0.25) is 0 Å². The summed E-state index contributed by atoms with van der Waals surface area (Å²) in [7, 11) is 0. The quantitative estimate of drug-likeness (QED) is 0.902. The van der Waals surface area contributed by atoms with E-state index in [1.54, 1.807) is 0 Å². The standard InChI is InChI=1S/C17H22N2S/c1-12-8-13(2)10-15(9-12)11-20-17(14(3)18)16-6-4-5-7-19-16/h4-10,14,17H,11,18H2,1-3H3. The van der Waals surface area contributed by atoms with E-state index in [-0.39, 0.29) is 11.3 Å². The summed E-state index contributed by atoms with van der Waals surface area (Å²) in [5, 5.41) is 0.233. The van der Waals surface area contributed by atoms with Gasteiger partial charge in [0.25, 0.3) is 0 Å². The minimum absolute atomic E-state index is 0.0841. The number of benzene rings is 1. The molecule has 2 atom stereocenters. The van der Waals surface area contributed by atoms with Crippen LogP contribution >= 0.6 is 11.8 Å². The van der Waals surface area contributed by atoms with Crippen molar-refractivity contribution in [1.29, 1.82) is 0 Å². The molecule has 0 saturated heterocycles. The predicted octanol–water partition coefficient (Wildman–Crippen LogP) is 4.02. The molecule has 0 fully saturated rings. The van der Waals surface area contributed by atoms with Crippen LogP contribution in [-0.4, -0.2) is 11.0 Å². The van der Waals surface area contributed by atoms with Gasteiger partial charge in [-0.15, -0.1) is 11.8 Å². The van der Waals surface area contributed by atoms with Crippen LogP contribution in [0, 0.1) is 13.8 Å². The molecular weight excluding hydrogens is 264 g/mol. The molecule has 2 N–H and O–H groups in total. The van der Waals surface area contributed by atoms with Crippen LogP contribution in [0.25, 0.3) is 0 Å². The van der Waals surface area contributed by atoms with E-state index < -0.39 is 0 Å². The van der Waals surface area contributed by atoms with E-state index in [1.807, 2.05) is 37.0 Å². The molecular formula is C17H22N2S. The summed E-state index contributed by atoms with van der Waals surface area (Å²) >= 11 is 1.87. The fraction of sp³-hybridized carbons (Fsp3) is 0.353. The molecule has 1 heterocycles. The van der Waals surface area contributed by atoms with E-state index >= 15 is 0 Å². The van der Waals surface area contributed by atoms with E-state index in [1.165, 1.54) is 16.7 Å². The lowest BCUT2D eigenvalue weighted by molar-refractivity contribution is 0.705. The zero-order chi connectivity index (χ0) is 14.5. The Hall–Kier alpha value is -1.32. The molecule has 1 aromatic carbocycles. The summed E-state index contributed by atoms with van der Waals surface area (Å²) in [4.78, 5) is 4.45. The van der Waals surface area contributed by atoms with Gasteiger partial charge in [-0.1, -0.05) is 35.4 Å². The fourth-order valence-corrected chi connectivity index (χ4v) is 3.54. The van der Waals surface area contributed by atoms with E-state index in [0.717, 1.165) is 11.4 Å². The molecule has 0 aliphatic rings. The number of aryl methyl sites for hydroxylation is 2. The first-order valence-corrected chi connectivity index (χ1v) is 7.96. The highest BCUT2D eigenvalue weighted by Gasteiger charge is 2.17. The van der Waals surface area contributed by atoms with Gasteiger partial charge in [-0.05, 0) is 38.5 Å². The summed E-state index contributed by atoms with van der Waals surface area (Å²) in [6.45, 7) is 6.33. The van der Waals surface area contributed by atoms with Crippen LogP contribution < -0.4 is 5.73 Å². The van der Waals surface area contributed by atoms with Crippen molar-refractivity contribution in [3.63, 3.8) is 0 Å². The molecule has 20 heavy (non-hydrogen) atoms. The molecule has 0 aliphatic carbocycles. The normalized spacial score (nSPS) is 14.0. The predicted molar refractivity (Wildman–Crippen MR) is 87.8 cm³/mol. The second-order valence-electron chi connectivity index (χ2n) is 5.34. The zero-order valence-corrected chi connectivity index (χ0v) is 13.2. The maximum Gasteiger partial charge on any atom is 0.0621 e. The molecule has 1 aromatic heterocycles. The summed E-state index contributed by atoms with van der Waals surface area (Å²) in [5.41, 5.74) is 11.2. The van der Waals surface area contributed by atoms with Crippen molar-refractivity contribution in [2.24, 2.45) is 5.73 Å². The summed E-state index contributed by atoms with van der Waals surface area (Å²) < 4.78 is 0. The van der Waals surface area contributed by atoms with E-state index in [0.29, 0.717) is 0 Å². The van der Waals surface area contributed by atoms with Crippen LogP contribution in [0.15, 0.2) is 42.6 Å². The summed E-state index contributed by atoms with van der Waals surface area (Å²) in [6, 6.07) is 12.8. The molecule has 0 aliphatic heterocycles. The van der Waals surface area contributed by atoms with Gasteiger partial charge in [-0.3, -0.25) is 4.98 Å². The highest BCUT2D eigenvalue weighted by molar-refractivity contribution is 7.98. The molecule has 2 aromatic rings. The molecule has 2 unspecified atom stereocenters. The zero-order valence-electron chi connectivity index (χ0n) is 12.3. The van der Waals surface area contributed by atoms with Gasteiger partial charge in [-0.2, -0.15) is 0 Å². The maximum atomic E-state index is 6.13. The Bertz CT molecular complexity index is 532. The third kappa shape index (κ3) is 4.09. The van der Waals surface area contributed by atoms with Crippen molar-refractivity contribution >= 4 is 11.8 Å². The molecule has 0 spiro atoms. The number of hydrogen-bond donors (Lipinski definition) is 1. The van der Waals surface area contributed by atoms with Crippen LogP contribution in [0.5, 0.6) is 0 Å². The number of hydrogen-bond acceptors (Lipinski definition) is 3. The van der Waals surface area contributed by atoms with Crippen LogP contribution in [0.1, 0.15) is 34.6 Å². The summed E-state index contributed by atoms with van der Waals surface area (Å²) in [6.07, 6.45) is 1.84.